The monoisotopic (exact) mass is 488 g/mol. The first-order valence-electron chi connectivity index (χ1n) is 6.80. The number of carbonyl (C=O) groups excluding carboxylic acids is 1. The number of hydrogen-bond donors (Lipinski definition) is 2. The molecule has 0 atom stereocenters. The van der Waals surface area contributed by atoms with Gasteiger partial charge in [-0.25, -0.2) is 0 Å². The van der Waals surface area contributed by atoms with Crippen molar-refractivity contribution in [2.24, 2.45) is 0 Å². The van der Waals surface area contributed by atoms with E-state index in [4.69, 9.17) is 27.9 Å². The minimum absolute atomic E-state index is 0.00563. The van der Waals surface area contributed by atoms with Crippen LogP contribution in [0.15, 0.2) is 35.9 Å². The van der Waals surface area contributed by atoms with Crippen LogP contribution in [0.1, 0.15) is 5.56 Å². The van der Waals surface area contributed by atoms with Gasteiger partial charge in [-0.3, -0.25) is 4.79 Å². The van der Waals surface area contributed by atoms with Gasteiger partial charge in [-0.15, -0.1) is 0 Å². The van der Waals surface area contributed by atoms with Crippen LogP contribution in [0.5, 0.6) is 11.5 Å². The van der Waals surface area contributed by atoms with Crippen LogP contribution < -0.4 is 10.1 Å². The summed E-state index contributed by atoms with van der Waals surface area (Å²) >= 11 is 13.8. The number of nitrogens with zero attached hydrogens (tertiary/aromatic N) is 1. The molecular weight excluding hydrogens is 478 g/mol. The number of phenols is 1. The van der Waals surface area contributed by atoms with E-state index in [-0.39, 0.29) is 17.1 Å². The lowest BCUT2D eigenvalue weighted by atomic mass is 10.1. The van der Waals surface area contributed by atoms with E-state index >= 15 is 0 Å². The number of aromatic hydroxyl groups is 1. The summed E-state index contributed by atoms with van der Waals surface area (Å²) in [6.45, 7) is 0. The lowest BCUT2D eigenvalue weighted by Gasteiger charge is -2.08. The summed E-state index contributed by atoms with van der Waals surface area (Å²) in [7, 11) is 1.41. The zero-order valence-electron chi connectivity index (χ0n) is 12.8. The summed E-state index contributed by atoms with van der Waals surface area (Å²) in [4.78, 5) is 12.3. The molecule has 0 aliphatic carbocycles. The Balaban J connectivity index is 2.34. The largest absolute Gasteiger partial charge is 0.504 e. The summed E-state index contributed by atoms with van der Waals surface area (Å²) in [5, 5.41) is 22.4. The van der Waals surface area contributed by atoms with Crippen LogP contribution in [0.4, 0.5) is 5.69 Å². The average molecular weight is 489 g/mol. The van der Waals surface area contributed by atoms with Gasteiger partial charge in [0.15, 0.2) is 11.5 Å². The molecule has 0 bridgehead atoms. The smallest absolute Gasteiger partial charge is 0.266 e. The van der Waals surface area contributed by atoms with E-state index in [1.807, 2.05) is 28.7 Å². The zero-order valence-corrected chi connectivity index (χ0v) is 16.5. The summed E-state index contributed by atoms with van der Waals surface area (Å²) < 4.78 is 5.59. The number of methoxy groups -OCH3 is 1. The van der Waals surface area contributed by atoms with Gasteiger partial charge in [0, 0.05) is 5.02 Å². The highest BCUT2D eigenvalue weighted by Gasteiger charge is 2.14. The van der Waals surface area contributed by atoms with Gasteiger partial charge in [-0.2, -0.15) is 5.26 Å². The van der Waals surface area contributed by atoms with Crippen LogP contribution >= 0.6 is 45.8 Å². The minimum atomic E-state index is -0.631. The normalized spacial score (nSPS) is 10.9. The molecule has 2 N–H and O–H groups in total. The van der Waals surface area contributed by atoms with Crippen molar-refractivity contribution in [2.75, 3.05) is 12.4 Å². The third-order valence-electron chi connectivity index (χ3n) is 3.12. The number of hydrogen-bond acceptors (Lipinski definition) is 4. The highest BCUT2D eigenvalue weighted by atomic mass is 127. The van der Waals surface area contributed by atoms with Crippen molar-refractivity contribution >= 4 is 63.5 Å². The lowest BCUT2D eigenvalue weighted by Crippen LogP contribution is -2.13. The predicted octanol–water partition coefficient (Wildman–Crippen LogP) is 4.86. The Kier molecular flexibility index (Phi) is 6.53. The van der Waals surface area contributed by atoms with Gasteiger partial charge in [-0.05, 0) is 64.6 Å². The number of amides is 1. The van der Waals surface area contributed by atoms with Gasteiger partial charge in [0.1, 0.15) is 11.6 Å². The highest BCUT2D eigenvalue weighted by Crippen LogP contribution is 2.33. The number of carbonyl (C=O) groups is 1. The van der Waals surface area contributed by atoms with Crippen molar-refractivity contribution in [1.82, 2.24) is 0 Å². The zero-order chi connectivity index (χ0) is 18.6. The molecule has 0 aliphatic rings. The van der Waals surface area contributed by atoms with E-state index < -0.39 is 5.91 Å². The molecule has 0 radical (unpaired) electrons. The molecule has 1 amide bonds. The lowest BCUT2D eigenvalue weighted by molar-refractivity contribution is -0.112. The van der Waals surface area contributed by atoms with Crippen LogP contribution in [0.2, 0.25) is 10.0 Å². The Bertz CT molecular complexity index is 907. The molecule has 0 heterocycles. The molecule has 0 aromatic heterocycles. The fourth-order valence-corrected chi connectivity index (χ4v) is 2.89. The minimum Gasteiger partial charge on any atom is -0.504 e. The van der Waals surface area contributed by atoms with E-state index in [9.17, 15) is 15.2 Å². The van der Waals surface area contributed by atoms with E-state index in [0.717, 1.165) is 0 Å². The second-order valence-electron chi connectivity index (χ2n) is 4.80. The molecule has 8 heteroatoms. The number of nitrogens with one attached hydrogen (secondary N) is 1. The van der Waals surface area contributed by atoms with E-state index in [1.165, 1.54) is 25.3 Å². The first-order valence-corrected chi connectivity index (χ1v) is 8.64. The molecule has 0 saturated heterocycles. The van der Waals surface area contributed by atoms with Crippen molar-refractivity contribution in [2.45, 2.75) is 0 Å². The Labute approximate surface area is 168 Å². The maximum Gasteiger partial charge on any atom is 0.266 e. The Morgan fingerprint density at radius 1 is 1.36 bits per heavy atom. The quantitative estimate of drug-likeness (QED) is 0.366. The van der Waals surface area contributed by atoms with Crippen molar-refractivity contribution in [3.8, 4) is 17.6 Å². The van der Waals surface area contributed by atoms with Gasteiger partial charge in [-0.1, -0.05) is 23.2 Å². The summed E-state index contributed by atoms with van der Waals surface area (Å²) in [6.07, 6.45) is 1.39. The number of rotatable bonds is 4. The summed E-state index contributed by atoms with van der Waals surface area (Å²) in [6, 6.07) is 9.61. The highest BCUT2D eigenvalue weighted by molar-refractivity contribution is 14.1. The molecule has 128 valence electrons. The molecule has 0 saturated carbocycles. The second-order valence-corrected chi connectivity index (χ2v) is 6.81. The molecule has 2 aromatic rings. The maximum absolute atomic E-state index is 12.3. The fraction of sp³-hybridized carbons (Fsp3) is 0.0588. The van der Waals surface area contributed by atoms with Crippen molar-refractivity contribution in [1.29, 1.82) is 5.26 Å². The van der Waals surface area contributed by atoms with Crippen LogP contribution in [-0.2, 0) is 4.79 Å². The molecule has 0 unspecified atom stereocenters. The standard InChI is InChI=1S/C17H11Cl2IN2O3/c1-25-15-6-9(5-13(20)16(15)23)4-10(8-21)17(24)22-14-7-11(18)2-3-12(14)19/h2-7,23H,1H3,(H,22,24)/b10-4-. The first-order chi connectivity index (χ1) is 11.8. The van der Waals surface area contributed by atoms with Gasteiger partial charge < -0.3 is 15.2 Å². The fourth-order valence-electron chi connectivity index (χ4n) is 1.93. The van der Waals surface area contributed by atoms with Gasteiger partial charge in [0.25, 0.3) is 5.91 Å². The number of halogens is 3. The second kappa shape index (κ2) is 8.43. The third kappa shape index (κ3) is 4.78. The molecular formula is C17H11Cl2IN2O3. The van der Waals surface area contributed by atoms with Crippen molar-refractivity contribution in [3.63, 3.8) is 0 Å². The SMILES string of the molecule is COc1cc(/C=C(/C#N)C(=O)Nc2cc(Cl)ccc2Cl)cc(I)c1O. The molecule has 0 spiro atoms. The van der Waals surface area contributed by atoms with Gasteiger partial charge in [0.05, 0.1) is 21.4 Å². The number of benzene rings is 2. The molecule has 25 heavy (non-hydrogen) atoms. The molecule has 0 fully saturated rings. The Morgan fingerprint density at radius 3 is 2.72 bits per heavy atom. The Hall–Kier alpha value is -1.95. The Morgan fingerprint density at radius 2 is 2.08 bits per heavy atom. The van der Waals surface area contributed by atoms with Crippen LogP contribution in [-0.4, -0.2) is 18.1 Å². The number of ether oxygens (including phenoxy) is 1. The molecule has 2 rings (SSSR count). The first kappa shape index (κ1) is 19.4. The average Bonchev–Trinajstić information content (AvgIpc) is 2.58. The van der Waals surface area contributed by atoms with E-state index in [1.54, 1.807) is 18.2 Å². The molecule has 2 aromatic carbocycles. The number of anilines is 1. The van der Waals surface area contributed by atoms with Gasteiger partial charge >= 0.3 is 0 Å². The predicted molar refractivity (Wildman–Crippen MR) is 106 cm³/mol. The third-order valence-corrected chi connectivity index (χ3v) is 4.51. The maximum atomic E-state index is 12.3. The molecule has 0 aliphatic heterocycles. The summed E-state index contributed by atoms with van der Waals surface area (Å²) in [5.41, 5.74) is 0.695. The van der Waals surface area contributed by atoms with Crippen LogP contribution in [0.25, 0.3) is 6.08 Å². The molecule has 5 nitrogen and oxygen atoms in total. The topological polar surface area (TPSA) is 82.3 Å². The van der Waals surface area contributed by atoms with Crippen LogP contribution in [0, 0.1) is 14.9 Å². The summed E-state index contributed by atoms with van der Waals surface area (Å²) in [5.74, 6) is -0.392. The van der Waals surface area contributed by atoms with Crippen molar-refractivity contribution in [3.05, 3.63) is 55.1 Å². The van der Waals surface area contributed by atoms with Crippen LogP contribution in [0.3, 0.4) is 0 Å². The van der Waals surface area contributed by atoms with E-state index in [0.29, 0.717) is 24.9 Å². The number of phenolic OH excluding ortho intramolecular Hbond substituents is 1. The van der Waals surface area contributed by atoms with Gasteiger partial charge in [0.2, 0.25) is 0 Å². The van der Waals surface area contributed by atoms with E-state index in [2.05, 4.69) is 5.32 Å². The number of nitriles is 1. The van der Waals surface area contributed by atoms with Crippen molar-refractivity contribution < 1.29 is 14.6 Å².